The van der Waals surface area contributed by atoms with Crippen LogP contribution in [0.1, 0.15) is 5.69 Å². The van der Waals surface area contributed by atoms with Crippen LogP contribution in [0.25, 0.3) is 11.1 Å². The van der Waals surface area contributed by atoms with E-state index in [1.54, 1.807) is 36.2 Å². The van der Waals surface area contributed by atoms with Gasteiger partial charge in [0.05, 0.1) is 15.8 Å². The maximum atomic E-state index is 12.8. The summed E-state index contributed by atoms with van der Waals surface area (Å²) in [6.45, 7) is 2.97. The molecule has 11 heteroatoms. The van der Waals surface area contributed by atoms with E-state index in [4.69, 9.17) is 5.14 Å². The maximum Gasteiger partial charge on any atom is 0.573 e. The molecule has 0 radical (unpaired) electrons. The van der Waals surface area contributed by atoms with E-state index in [0.717, 1.165) is 27.5 Å². The quantitative estimate of drug-likeness (QED) is 0.482. The zero-order valence-corrected chi connectivity index (χ0v) is 19.4. The van der Waals surface area contributed by atoms with Gasteiger partial charge >= 0.3 is 6.36 Å². The largest absolute Gasteiger partial charge is 0.573 e. The van der Waals surface area contributed by atoms with E-state index in [9.17, 15) is 18.0 Å². The molecule has 4 rings (SSSR count). The lowest BCUT2D eigenvalue weighted by Crippen LogP contribution is -2.54. The van der Waals surface area contributed by atoms with Gasteiger partial charge in [0.2, 0.25) is 5.91 Å². The number of amides is 1. The van der Waals surface area contributed by atoms with Crippen molar-refractivity contribution in [3.05, 3.63) is 54.2 Å². The number of hydrogen-bond acceptors (Lipinski definition) is 7. The van der Waals surface area contributed by atoms with Crippen molar-refractivity contribution in [1.82, 2.24) is 4.98 Å². The molecule has 1 saturated heterocycles. The number of ether oxygens (including phenoxy) is 1. The lowest BCUT2D eigenvalue weighted by Gasteiger charge is -2.41. The number of alkyl halides is 3. The highest BCUT2D eigenvalue weighted by Gasteiger charge is 2.36. The molecule has 1 aliphatic heterocycles. The number of halogens is 3. The summed E-state index contributed by atoms with van der Waals surface area (Å²) >= 11 is 2.51. The molecule has 0 spiro atoms. The Morgan fingerprint density at radius 1 is 1.21 bits per heavy atom. The molecule has 6 nitrogen and oxygen atoms in total. The van der Waals surface area contributed by atoms with Gasteiger partial charge in [0.15, 0.2) is 5.13 Å². The van der Waals surface area contributed by atoms with E-state index in [1.165, 1.54) is 23.5 Å². The zero-order chi connectivity index (χ0) is 23.8. The molecule has 0 bridgehead atoms. The maximum absolute atomic E-state index is 12.8. The summed E-state index contributed by atoms with van der Waals surface area (Å²) in [5, 5.41) is 6.24. The van der Waals surface area contributed by atoms with E-state index in [2.05, 4.69) is 9.72 Å². The summed E-state index contributed by atoms with van der Waals surface area (Å²) in [4.78, 5) is 20.9. The van der Waals surface area contributed by atoms with Crippen molar-refractivity contribution >= 4 is 40.0 Å². The number of nitrogens with two attached hydrogens (primary N) is 1. The minimum Gasteiger partial charge on any atom is -0.405 e. The average molecular weight is 495 g/mol. The number of aryl methyl sites for hydroxylation is 1. The molecule has 3 aromatic rings. The number of thiazole rings is 1. The molecule has 2 heterocycles. The van der Waals surface area contributed by atoms with E-state index >= 15 is 0 Å². The van der Waals surface area contributed by atoms with Crippen LogP contribution in [0.2, 0.25) is 0 Å². The first-order chi connectivity index (χ1) is 15.7. The van der Waals surface area contributed by atoms with Crippen LogP contribution in [0, 0.1) is 12.8 Å². The highest BCUT2D eigenvalue weighted by atomic mass is 32.2. The molecule has 2 aromatic carbocycles. The van der Waals surface area contributed by atoms with Gasteiger partial charge in [-0.2, -0.15) is 0 Å². The normalized spacial score (nSPS) is 14.2. The second-order valence-corrected chi connectivity index (χ2v) is 9.46. The minimum atomic E-state index is -4.76. The smallest absolute Gasteiger partial charge is 0.405 e. The third kappa shape index (κ3) is 5.10. The lowest BCUT2D eigenvalue weighted by atomic mass is 9.97. The molecule has 0 atom stereocenters. The Kier molecular flexibility index (Phi) is 6.55. The fourth-order valence-corrected chi connectivity index (χ4v) is 5.01. The van der Waals surface area contributed by atoms with E-state index in [1.807, 2.05) is 24.0 Å². The van der Waals surface area contributed by atoms with Crippen LogP contribution in [-0.2, 0) is 4.79 Å². The summed E-state index contributed by atoms with van der Waals surface area (Å²) < 4.78 is 43.1. The van der Waals surface area contributed by atoms with Crippen LogP contribution < -0.4 is 19.7 Å². The van der Waals surface area contributed by atoms with E-state index < -0.39 is 6.36 Å². The predicted octanol–water partition coefficient (Wildman–Crippen LogP) is 5.08. The van der Waals surface area contributed by atoms with Crippen LogP contribution in [0.5, 0.6) is 5.75 Å². The number of hydrogen-bond donors (Lipinski definition) is 1. The van der Waals surface area contributed by atoms with Gasteiger partial charge in [-0.05, 0) is 42.6 Å². The second-order valence-electron chi connectivity index (χ2n) is 7.58. The van der Waals surface area contributed by atoms with Gasteiger partial charge in [-0.15, -0.1) is 13.2 Å². The van der Waals surface area contributed by atoms with Crippen molar-refractivity contribution in [2.45, 2.75) is 17.5 Å². The molecule has 1 aromatic heterocycles. The highest BCUT2D eigenvalue weighted by Crippen LogP contribution is 2.36. The third-order valence-electron chi connectivity index (χ3n) is 5.35. The number of nitrogens with zero attached hydrogens (tertiary/aromatic N) is 3. The molecule has 1 fully saturated rings. The van der Waals surface area contributed by atoms with Crippen molar-refractivity contribution in [2.24, 2.45) is 11.1 Å². The summed E-state index contributed by atoms with van der Waals surface area (Å²) in [5.41, 5.74) is 2.67. The zero-order valence-electron chi connectivity index (χ0n) is 17.8. The van der Waals surface area contributed by atoms with Gasteiger partial charge in [0.25, 0.3) is 0 Å². The molecule has 0 aliphatic carbocycles. The second kappa shape index (κ2) is 9.24. The van der Waals surface area contributed by atoms with Crippen molar-refractivity contribution < 1.29 is 22.7 Å². The first-order valence-corrected chi connectivity index (χ1v) is 11.7. The van der Waals surface area contributed by atoms with Gasteiger partial charge in [-0.1, -0.05) is 41.7 Å². The van der Waals surface area contributed by atoms with Crippen LogP contribution in [-0.4, -0.2) is 37.4 Å². The number of carbonyl (C=O) groups is 1. The van der Waals surface area contributed by atoms with Gasteiger partial charge < -0.3 is 9.64 Å². The van der Waals surface area contributed by atoms with Gasteiger partial charge in [-0.3, -0.25) is 14.8 Å². The van der Waals surface area contributed by atoms with Crippen LogP contribution >= 0.6 is 23.3 Å². The van der Waals surface area contributed by atoms with Gasteiger partial charge in [0, 0.05) is 31.4 Å². The van der Waals surface area contributed by atoms with Crippen molar-refractivity contribution in [1.29, 1.82) is 0 Å². The SMILES string of the molecule is Cc1nc(N(C)C(=O)C2CN(c3ccc(-c4ccccc4OC(F)(F)F)cc3)C2)sc1SN. The fourth-order valence-electron chi connectivity index (χ4n) is 3.61. The molecular weight excluding hydrogens is 473 g/mol. The van der Waals surface area contributed by atoms with E-state index in [-0.39, 0.29) is 17.6 Å². The summed E-state index contributed by atoms with van der Waals surface area (Å²) in [6.07, 6.45) is -4.76. The molecule has 174 valence electrons. The number of rotatable bonds is 6. The number of aromatic nitrogens is 1. The topological polar surface area (TPSA) is 71.7 Å². The molecule has 0 unspecified atom stereocenters. The number of anilines is 2. The first-order valence-electron chi connectivity index (χ1n) is 9.98. The predicted molar refractivity (Wildman–Crippen MR) is 125 cm³/mol. The fraction of sp³-hybridized carbons (Fsp3) is 0.273. The average Bonchev–Trinajstić information content (AvgIpc) is 3.12. The number of benzene rings is 2. The summed E-state index contributed by atoms with van der Waals surface area (Å²) in [6, 6.07) is 13.2. The Morgan fingerprint density at radius 3 is 2.48 bits per heavy atom. The van der Waals surface area contributed by atoms with Crippen LogP contribution in [0.15, 0.2) is 52.7 Å². The Balaban J connectivity index is 1.40. The first kappa shape index (κ1) is 23.4. The summed E-state index contributed by atoms with van der Waals surface area (Å²) in [5.74, 6) is -0.416. The van der Waals surface area contributed by atoms with Crippen molar-refractivity contribution in [3.8, 4) is 16.9 Å². The number of carbonyl (C=O) groups excluding carboxylic acids is 1. The van der Waals surface area contributed by atoms with Crippen LogP contribution in [0.4, 0.5) is 24.0 Å². The molecule has 2 N–H and O–H groups in total. The molecule has 33 heavy (non-hydrogen) atoms. The number of para-hydroxylation sites is 1. The molecular formula is C22H21F3N4O2S2. The van der Waals surface area contributed by atoms with Crippen LogP contribution in [0.3, 0.4) is 0 Å². The highest BCUT2D eigenvalue weighted by molar-refractivity contribution is 7.99. The Hall–Kier alpha value is -2.76. The minimum absolute atomic E-state index is 0.0107. The van der Waals surface area contributed by atoms with E-state index in [0.29, 0.717) is 29.3 Å². The standard InChI is InChI=1S/C22H21F3N4O2S2/c1-13-20(33-26)32-21(27-13)28(2)19(30)15-11-29(12-15)16-9-7-14(8-10-16)17-5-3-4-6-18(17)31-22(23,24)25/h3-10,15H,11-12,26H2,1-2H3. The monoisotopic (exact) mass is 494 g/mol. The Morgan fingerprint density at radius 2 is 1.88 bits per heavy atom. The van der Waals surface area contributed by atoms with Crippen molar-refractivity contribution in [3.63, 3.8) is 0 Å². The third-order valence-corrected chi connectivity index (χ3v) is 7.43. The Bertz CT molecular complexity index is 1150. The van der Waals surface area contributed by atoms with Gasteiger partial charge in [0.1, 0.15) is 5.75 Å². The molecule has 1 amide bonds. The van der Waals surface area contributed by atoms with Gasteiger partial charge in [-0.25, -0.2) is 4.98 Å². The summed E-state index contributed by atoms with van der Waals surface area (Å²) in [7, 11) is 1.71. The lowest BCUT2D eigenvalue weighted by molar-refractivity contribution is -0.274. The molecule has 0 saturated carbocycles. The molecule has 1 aliphatic rings. The Labute approximate surface area is 197 Å². The van der Waals surface area contributed by atoms with Crippen molar-refractivity contribution in [2.75, 3.05) is 29.9 Å².